The number of carbonyl (C=O) groups is 2. The first-order valence-electron chi connectivity index (χ1n) is 10.4. The van der Waals surface area contributed by atoms with Crippen LogP contribution in [0.15, 0.2) is 29.1 Å². The first-order chi connectivity index (χ1) is 15.7. The summed E-state index contributed by atoms with van der Waals surface area (Å²) >= 11 is 0. The van der Waals surface area contributed by atoms with Gasteiger partial charge in [-0.3, -0.25) is 4.79 Å². The van der Waals surface area contributed by atoms with Crippen LogP contribution >= 0.6 is 0 Å². The van der Waals surface area contributed by atoms with Crippen molar-refractivity contribution in [2.45, 2.75) is 31.5 Å². The number of carbonyl (C=O) groups excluding carboxylic acids is 1. The van der Waals surface area contributed by atoms with Crippen molar-refractivity contribution in [1.82, 2.24) is 14.5 Å². The van der Waals surface area contributed by atoms with E-state index in [1.807, 2.05) is 17.9 Å². The summed E-state index contributed by atoms with van der Waals surface area (Å²) in [6.07, 6.45) is 0.379. The SMILES string of the molecule is Cn1cnc2c1C(COCC1CCOCC1)CN(C(=O)c1ccco1)C2.O=C(O)C(F)(F)F. The fraction of sp³-hybridized carbons (Fsp3) is 0.571. The predicted octanol–water partition coefficient (Wildman–Crippen LogP) is 2.83. The Balaban J connectivity index is 0.000000383. The summed E-state index contributed by atoms with van der Waals surface area (Å²) in [6, 6.07) is 3.44. The van der Waals surface area contributed by atoms with Gasteiger partial charge in [-0.15, -0.1) is 0 Å². The van der Waals surface area contributed by atoms with E-state index in [1.165, 1.54) is 12.0 Å². The molecule has 0 aromatic carbocycles. The van der Waals surface area contributed by atoms with E-state index in [0.717, 1.165) is 38.4 Å². The minimum atomic E-state index is -5.08. The van der Waals surface area contributed by atoms with Crippen LogP contribution in [0.3, 0.4) is 0 Å². The molecule has 2 aromatic heterocycles. The maximum absolute atomic E-state index is 12.7. The van der Waals surface area contributed by atoms with Crippen molar-refractivity contribution in [1.29, 1.82) is 0 Å². The number of amides is 1. The Hall–Kier alpha value is -2.86. The number of hydrogen-bond donors (Lipinski definition) is 1. The fourth-order valence-corrected chi connectivity index (χ4v) is 3.86. The van der Waals surface area contributed by atoms with E-state index in [2.05, 4.69) is 4.98 Å². The summed E-state index contributed by atoms with van der Waals surface area (Å²) in [6.45, 7) is 4.11. The Morgan fingerprint density at radius 3 is 2.58 bits per heavy atom. The number of aliphatic carboxylic acids is 1. The second kappa shape index (κ2) is 10.8. The van der Waals surface area contributed by atoms with Gasteiger partial charge in [-0.05, 0) is 30.9 Å². The first-order valence-corrected chi connectivity index (χ1v) is 10.4. The lowest BCUT2D eigenvalue weighted by atomic mass is 9.98. The molecule has 4 heterocycles. The molecular weight excluding hydrogens is 447 g/mol. The van der Waals surface area contributed by atoms with E-state index in [0.29, 0.717) is 31.4 Å². The molecule has 0 aliphatic carbocycles. The van der Waals surface area contributed by atoms with Crippen LogP contribution in [0.25, 0.3) is 0 Å². The third-order valence-electron chi connectivity index (χ3n) is 5.51. The summed E-state index contributed by atoms with van der Waals surface area (Å²) in [5, 5.41) is 7.12. The molecule has 0 radical (unpaired) electrons. The second-order valence-corrected chi connectivity index (χ2v) is 7.94. The number of halogens is 3. The van der Waals surface area contributed by atoms with Gasteiger partial charge < -0.3 is 28.5 Å². The molecule has 33 heavy (non-hydrogen) atoms. The minimum Gasteiger partial charge on any atom is -0.475 e. The van der Waals surface area contributed by atoms with E-state index in [1.54, 1.807) is 17.0 Å². The number of imidazole rings is 1. The summed E-state index contributed by atoms with van der Waals surface area (Å²) in [4.78, 5) is 27.9. The number of furan rings is 1. The van der Waals surface area contributed by atoms with Gasteiger partial charge in [-0.25, -0.2) is 9.78 Å². The van der Waals surface area contributed by atoms with Crippen LogP contribution in [0.1, 0.15) is 40.7 Å². The molecule has 0 saturated carbocycles. The van der Waals surface area contributed by atoms with Crippen molar-refractivity contribution in [3.8, 4) is 0 Å². The number of ether oxygens (including phenoxy) is 2. The van der Waals surface area contributed by atoms with Crippen LogP contribution in [0.5, 0.6) is 0 Å². The van der Waals surface area contributed by atoms with Crippen LogP contribution in [-0.2, 0) is 27.9 Å². The molecule has 9 nitrogen and oxygen atoms in total. The van der Waals surface area contributed by atoms with E-state index >= 15 is 0 Å². The smallest absolute Gasteiger partial charge is 0.475 e. The lowest BCUT2D eigenvalue weighted by Gasteiger charge is -2.32. The van der Waals surface area contributed by atoms with E-state index in [4.69, 9.17) is 23.8 Å². The number of hydrogen-bond acceptors (Lipinski definition) is 6. The number of aryl methyl sites for hydroxylation is 1. The number of fused-ring (bicyclic) bond motifs is 1. The molecule has 2 aliphatic heterocycles. The Morgan fingerprint density at radius 1 is 1.27 bits per heavy atom. The molecule has 4 rings (SSSR count). The average Bonchev–Trinajstić information content (AvgIpc) is 3.44. The highest BCUT2D eigenvalue weighted by molar-refractivity contribution is 5.91. The summed E-state index contributed by atoms with van der Waals surface area (Å²) in [7, 11) is 2.00. The zero-order valence-electron chi connectivity index (χ0n) is 18.1. The number of rotatable bonds is 5. The molecule has 1 atom stereocenters. The van der Waals surface area contributed by atoms with Gasteiger partial charge in [0.25, 0.3) is 5.91 Å². The molecule has 182 valence electrons. The number of aromatic nitrogens is 2. The predicted molar refractivity (Wildman–Crippen MR) is 107 cm³/mol. The minimum absolute atomic E-state index is 0.0965. The maximum atomic E-state index is 12.7. The standard InChI is InChI=1S/C19H25N3O4.C2HF3O2/c1-21-13-20-16-10-22(19(23)17-3-2-6-26-17)9-15(18(16)21)12-25-11-14-4-7-24-8-5-14;3-2(4,5)1(6)7/h2-3,6,13-15H,4-5,7-12H2,1H3;(H,6,7). The topological polar surface area (TPSA) is 107 Å². The third kappa shape index (κ3) is 6.57. The summed E-state index contributed by atoms with van der Waals surface area (Å²) in [5.74, 6) is -1.80. The molecule has 0 bridgehead atoms. The molecule has 1 saturated heterocycles. The number of alkyl halides is 3. The zero-order chi connectivity index (χ0) is 24.0. The Morgan fingerprint density at radius 2 is 1.97 bits per heavy atom. The lowest BCUT2D eigenvalue weighted by Crippen LogP contribution is -2.40. The molecule has 2 aromatic rings. The van der Waals surface area contributed by atoms with Crippen LogP contribution < -0.4 is 0 Å². The van der Waals surface area contributed by atoms with Gasteiger partial charge >= 0.3 is 12.1 Å². The third-order valence-corrected chi connectivity index (χ3v) is 5.51. The van der Waals surface area contributed by atoms with Crippen molar-refractivity contribution < 1.29 is 41.8 Å². The molecule has 2 aliphatic rings. The van der Waals surface area contributed by atoms with Crippen molar-refractivity contribution in [3.63, 3.8) is 0 Å². The molecule has 1 N–H and O–H groups in total. The van der Waals surface area contributed by atoms with Gasteiger partial charge in [0.1, 0.15) is 0 Å². The first kappa shape index (κ1) is 24.8. The van der Waals surface area contributed by atoms with E-state index < -0.39 is 12.1 Å². The summed E-state index contributed by atoms with van der Waals surface area (Å²) in [5.41, 5.74) is 2.11. The van der Waals surface area contributed by atoms with Gasteiger partial charge in [0, 0.05) is 45.0 Å². The van der Waals surface area contributed by atoms with Crippen LogP contribution in [0.4, 0.5) is 13.2 Å². The molecule has 0 spiro atoms. The molecule has 1 fully saturated rings. The highest BCUT2D eigenvalue weighted by Crippen LogP contribution is 2.29. The average molecular weight is 473 g/mol. The fourth-order valence-electron chi connectivity index (χ4n) is 3.86. The number of carboxylic acids is 1. The monoisotopic (exact) mass is 473 g/mol. The summed E-state index contributed by atoms with van der Waals surface area (Å²) < 4.78 is 50.5. The maximum Gasteiger partial charge on any atom is 0.490 e. The van der Waals surface area contributed by atoms with Crippen molar-refractivity contribution in [2.75, 3.05) is 33.0 Å². The van der Waals surface area contributed by atoms with Gasteiger partial charge in [0.2, 0.25) is 0 Å². The number of carboxylic acid groups (broad SMARTS) is 1. The highest BCUT2D eigenvalue weighted by Gasteiger charge is 2.38. The van der Waals surface area contributed by atoms with Crippen molar-refractivity contribution in [3.05, 3.63) is 41.9 Å². The molecular formula is C21H26F3N3O6. The van der Waals surface area contributed by atoms with Gasteiger partial charge in [-0.1, -0.05) is 0 Å². The van der Waals surface area contributed by atoms with Crippen LogP contribution in [-0.4, -0.2) is 70.6 Å². The number of nitrogens with zero attached hydrogens (tertiary/aromatic N) is 3. The van der Waals surface area contributed by atoms with Gasteiger partial charge in [0.15, 0.2) is 5.76 Å². The highest BCUT2D eigenvalue weighted by atomic mass is 19.4. The van der Waals surface area contributed by atoms with E-state index in [-0.39, 0.29) is 11.8 Å². The second-order valence-electron chi connectivity index (χ2n) is 7.94. The van der Waals surface area contributed by atoms with Crippen molar-refractivity contribution in [2.24, 2.45) is 13.0 Å². The van der Waals surface area contributed by atoms with Crippen LogP contribution in [0, 0.1) is 5.92 Å². The Labute approximate surface area is 188 Å². The van der Waals surface area contributed by atoms with E-state index in [9.17, 15) is 18.0 Å². The van der Waals surface area contributed by atoms with Gasteiger partial charge in [-0.2, -0.15) is 13.2 Å². The largest absolute Gasteiger partial charge is 0.490 e. The molecule has 1 unspecified atom stereocenters. The Kier molecular flexibility index (Phi) is 8.14. The Bertz CT molecular complexity index is 922. The molecule has 1 amide bonds. The molecule has 12 heteroatoms. The van der Waals surface area contributed by atoms with Crippen LogP contribution in [0.2, 0.25) is 0 Å². The zero-order valence-corrected chi connectivity index (χ0v) is 18.1. The van der Waals surface area contributed by atoms with Crippen molar-refractivity contribution >= 4 is 11.9 Å². The van der Waals surface area contributed by atoms with Gasteiger partial charge in [0.05, 0.1) is 31.4 Å². The normalized spacial score (nSPS) is 18.9. The quantitative estimate of drug-likeness (QED) is 0.712. The lowest BCUT2D eigenvalue weighted by molar-refractivity contribution is -0.192.